The van der Waals surface area contributed by atoms with Gasteiger partial charge in [-0.2, -0.15) is 8.78 Å². The molecule has 1 heterocycles. The molecule has 0 spiro atoms. The molecule has 1 N–H and O–H groups in total. The van der Waals surface area contributed by atoms with Crippen molar-refractivity contribution in [3.05, 3.63) is 29.8 Å². The van der Waals surface area contributed by atoms with Crippen LogP contribution in [-0.2, 0) is 15.5 Å². The Kier molecular flexibility index (Phi) is 3.47. The van der Waals surface area contributed by atoms with Gasteiger partial charge < -0.3 is 14.7 Å². The highest BCUT2D eigenvalue weighted by molar-refractivity contribution is 5.80. The molecule has 0 atom stereocenters. The van der Waals surface area contributed by atoms with Gasteiger partial charge >= 0.3 is 11.9 Å². The third-order valence-electron chi connectivity index (χ3n) is 2.86. The second-order valence-electron chi connectivity index (χ2n) is 4.00. The SMILES string of the molecule is O=C(O)C(F)(F)c1ccccc1N1CCOCC1. The first kappa shape index (κ1) is 12.8. The number of nitrogens with zero attached hydrogens (tertiary/aromatic N) is 1. The van der Waals surface area contributed by atoms with E-state index in [0.29, 0.717) is 26.3 Å². The number of alkyl halides is 2. The number of hydrogen-bond acceptors (Lipinski definition) is 3. The number of benzene rings is 1. The monoisotopic (exact) mass is 257 g/mol. The summed E-state index contributed by atoms with van der Waals surface area (Å²) in [7, 11) is 0. The molecule has 0 amide bonds. The quantitative estimate of drug-likeness (QED) is 0.895. The number of hydrogen-bond donors (Lipinski definition) is 1. The largest absolute Gasteiger partial charge is 0.477 e. The van der Waals surface area contributed by atoms with Gasteiger partial charge in [-0.3, -0.25) is 0 Å². The van der Waals surface area contributed by atoms with Crippen LogP contribution in [0.1, 0.15) is 5.56 Å². The third-order valence-corrected chi connectivity index (χ3v) is 2.86. The van der Waals surface area contributed by atoms with Crippen LogP contribution in [0.15, 0.2) is 24.3 Å². The normalized spacial score (nSPS) is 16.7. The molecule has 1 fully saturated rings. The fourth-order valence-electron chi connectivity index (χ4n) is 1.93. The van der Waals surface area contributed by atoms with E-state index in [4.69, 9.17) is 9.84 Å². The van der Waals surface area contributed by atoms with Gasteiger partial charge in [-0.15, -0.1) is 0 Å². The molecule has 1 aliphatic heterocycles. The summed E-state index contributed by atoms with van der Waals surface area (Å²) < 4.78 is 32.4. The molecule has 1 aromatic rings. The van der Waals surface area contributed by atoms with Crippen molar-refractivity contribution in [3.8, 4) is 0 Å². The van der Waals surface area contributed by atoms with Crippen LogP contribution in [0.25, 0.3) is 0 Å². The maximum absolute atomic E-state index is 13.6. The average Bonchev–Trinajstić information content (AvgIpc) is 2.39. The fraction of sp³-hybridized carbons (Fsp3) is 0.417. The first-order valence-electron chi connectivity index (χ1n) is 5.57. The molecule has 0 bridgehead atoms. The minimum atomic E-state index is -3.88. The Morgan fingerprint density at radius 2 is 1.89 bits per heavy atom. The molecule has 0 radical (unpaired) electrons. The highest BCUT2D eigenvalue weighted by atomic mass is 19.3. The van der Waals surface area contributed by atoms with E-state index >= 15 is 0 Å². The standard InChI is InChI=1S/C12H13F2NO3/c13-12(14,11(16)17)9-3-1-2-4-10(9)15-5-7-18-8-6-15/h1-4H,5-8H2,(H,16,17). The van der Waals surface area contributed by atoms with Crippen LogP contribution >= 0.6 is 0 Å². The maximum Gasteiger partial charge on any atom is 0.379 e. The van der Waals surface area contributed by atoms with E-state index < -0.39 is 17.5 Å². The van der Waals surface area contributed by atoms with Crippen molar-refractivity contribution in [1.29, 1.82) is 0 Å². The van der Waals surface area contributed by atoms with Gasteiger partial charge in [0.2, 0.25) is 0 Å². The number of carboxylic acid groups (broad SMARTS) is 1. The van der Waals surface area contributed by atoms with E-state index in [1.807, 2.05) is 0 Å². The molecule has 1 aliphatic rings. The molecule has 0 saturated carbocycles. The lowest BCUT2D eigenvalue weighted by Crippen LogP contribution is -2.38. The fourth-order valence-corrected chi connectivity index (χ4v) is 1.93. The average molecular weight is 257 g/mol. The van der Waals surface area contributed by atoms with Crippen LogP contribution in [0.5, 0.6) is 0 Å². The van der Waals surface area contributed by atoms with Crippen LogP contribution in [0.2, 0.25) is 0 Å². The molecular weight excluding hydrogens is 244 g/mol. The van der Waals surface area contributed by atoms with Crippen molar-refractivity contribution in [3.63, 3.8) is 0 Å². The summed E-state index contributed by atoms with van der Waals surface area (Å²) in [5.41, 5.74) is -0.215. The Morgan fingerprint density at radius 3 is 2.50 bits per heavy atom. The Bertz CT molecular complexity index is 445. The predicted molar refractivity (Wildman–Crippen MR) is 61.0 cm³/mol. The maximum atomic E-state index is 13.6. The van der Waals surface area contributed by atoms with Gasteiger partial charge in [-0.1, -0.05) is 18.2 Å². The summed E-state index contributed by atoms with van der Waals surface area (Å²) in [5.74, 6) is -6.02. The minimum Gasteiger partial charge on any atom is -0.477 e. The highest BCUT2D eigenvalue weighted by Crippen LogP contribution is 2.35. The van der Waals surface area contributed by atoms with Crippen LogP contribution < -0.4 is 4.90 Å². The molecule has 1 aromatic carbocycles. The predicted octanol–water partition coefficient (Wildman–Crippen LogP) is 1.70. The van der Waals surface area contributed by atoms with E-state index in [-0.39, 0.29) is 5.69 Å². The van der Waals surface area contributed by atoms with Gasteiger partial charge in [0, 0.05) is 18.8 Å². The van der Waals surface area contributed by atoms with Crippen LogP contribution in [0, 0.1) is 0 Å². The second kappa shape index (κ2) is 4.89. The number of ether oxygens (including phenoxy) is 1. The summed E-state index contributed by atoms with van der Waals surface area (Å²) >= 11 is 0. The van der Waals surface area contributed by atoms with Crippen molar-refractivity contribution in [2.75, 3.05) is 31.2 Å². The summed E-state index contributed by atoms with van der Waals surface area (Å²) in [6.45, 7) is 1.86. The number of para-hydroxylation sites is 1. The van der Waals surface area contributed by atoms with Gasteiger partial charge in [0.05, 0.1) is 18.8 Å². The molecule has 6 heteroatoms. The summed E-state index contributed by atoms with van der Waals surface area (Å²) in [6.07, 6.45) is 0. The number of carboxylic acids is 1. The topological polar surface area (TPSA) is 49.8 Å². The Balaban J connectivity index is 2.39. The number of rotatable bonds is 3. The van der Waals surface area contributed by atoms with Crippen molar-refractivity contribution in [2.45, 2.75) is 5.92 Å². The highest BCUT2D eigenvalue weighted by Gasteiger charge is 2.43. The van der Waals surface area contributed by atoms with Gasteiger partial charge in [-0.05, 0) is 6.07 Å². The summed E-state index contributed by atoms with van der Waals surface area (Å²) in [5, 5.41) is 8.62. The van der Waals surface area contributed by atoms with E-state index in [2.05, 4.69) is 0 Å². The molecular formula is C12H13F2NO3. The first-order valence-corrected chi connectivity index (χ1v) is 5.57. The molecule has 0 aromatic heterocycles. The zero-order chi connectivity index (χ0) is 13.2. The van der Waals surface area contributed by atoms with Crippen LogP contribution in [0.4, 0.5) is 14.5 Å². The van der Waals surface area contributed by atoms with E-state index in [1.54, 1.807) is 11.0 Å². The van der Waals surface area contributed by atoms with Crippen molar-refractivity contribution in [1.82, 2.24) is 0 Å². The van der Waals surface area contributed by atoms with Crippen LogP contribution in [0.3, 0.4) is 0 Å². The zero-order valence-electron chi connectivity index (χ0n) is 9.60. The van der Waals surface area contributed by atoms with Gasteiger partial charge in [0.1, 0.15) is 0 Å². The van der Waals surface area contributed by atoms with Crippen LogP contribution in [-0.4, -0.2) is 37.4 Å². The lowest BCUT2D eigenvalue weighted by Gasteiger charge is -2.31. The number of aliphatic carboxylic acids is 1. The number of halogens is 2. The first-order chi connectivity index (χ1) is 8.53. The van der Waals surface area contributed by atoms with E-state index in [1.165, 1.54) is 12.1 Å². The minimum absolute atomic E-state index is 0.258. The molecule has 98 valence electrons. The summed E-state index contributed by atoms with van der Waals surface area (Å²) in [4.78, 5) is 12.4. The van der Waals surface area contributed by atoms with Gasteiger partial charge in [-0.25, -0.2) is 4.79 Å². The Hall–Kier alpha value is -1.69. The Labute approximate surface area is 103 Å². The van der Waals surface area contributed by atoms with E-state index in [0.717, 1.165) is 6.07 Å². The molecule has 4 nitrogen and oxygen atoms in total. The van der Waals surface area contributed by atoms with Gasteiger partial charge in [0.25, 0.3) is 0 Å². The Morgan fingerprint density at radius 1 is 1.28 bits per heavy atom. The van der Waals surface area contributed by atoms with Crippen molar-refractivity contribution < 1.29 is 23.4 Å². The number of anilines is 1. The van der Waals surface area contributed by atoms with E-state index in [9.17, 15) is 13.6 Å². The number of morpholine rings is 1. The summed E-state index contributed by atoms with van der Waals surface area (Å²) in [6, 6.07) is 5.69. The second-order valence-corrected chi connectivity index (χ2v) is 4.00. The lowest BCUT2D eigenvalue weighted by atomic mass is 10.0. The van der Waals surface area contributed by atoms with Crippen molar-refractivity contribution in [2.24, 2.45) is 0 Å². The van der Waals surface area contributed by atoms with Gasteiger partial charge in [0.15, 0.2) is 0 Å². The lowest BCUT2D eigenvalue weighted by molar-refractivity contribution is -0.166. The van der Waals surface area contributed by atoms with Crippen molar-refractivity contribution >= 4 is 11.7 Å². The molecule has 1 saturated heterocycles. The molecule has 2 rings (SSSR count). The molecule has 0 aliphatic carbocycles. The zero-order valence-corrected chi connectivity index (χ0v) is 9.60. The molecule has 0 unspecified atom stereocenters. The smallest absolute Gasteiger partial charge is 0.379 e. The molecule has 18 heavy (non-hydrogen) atoms. The third kappa shape index (κ3) is 2.28. The number of carbonyl (C=O) groups is 1.